The number of halogens is 1. The summed E-state index contributed by atoms with van der Waals surface area (Å²) in [7, 11) is 0. The monoisotopic (exact) mass is 330 g/mol. The van der Waals surface area contributed by atoms with Gasteiger partial charge in [-0.2, -0.15) is 11.8 Å². The van der Waals surface area contributed by atoms with Gasteiger partial charge in [-0.15, -0.1) is 0 Å². The molecule has 3 nitrogen and oxygen atoms in total. The van der Waals surface area contributed by atoms with Crippen LogP contribution >= 0.6 is 27.7 Å². The molecule has 100 valence electrons. The molecular weight excluding hydrogens is 312 g/mol. The van der Waals surface area contributed by atoms with Gasteiger partial charge in [0.25, 0.3) is 5.91 Å². The summed E-state index contributed by atoms with van der Waals surface area (Å²) in [5.74, 6) is -0.0142. The topological polar surface area (TPSA) is 44.9 Å². The zero-order chi connectivity index (χ0) is 13.0. The summed E-state index contributed by atoms with van der Waals surface area (Å²) in [4.78, 5) is 14.9. The lowest BCUT2D eigenvalue weighted by Gasteiger charge is -2.35. The van der Waals surface area contributed by atoms with Crippen molar-refractivity contribution in [3.05, 3.63) is 22.4 Å². The third kappa shape index (κ3) is 3.32. The van der Waals surface area contributed by atoms with Crippen molar-refractivity contribution in [2.75, 3.05) is 12.8 Å². The molecule has 1 fully saturated rings. The standard InChI is InChI=1S/C13H19BrN2OS/c1-18-13(5-3-2-4-6-13)9-16-12(17)11-7-10(14)8-15-11/h7-8,15H,2-6,9H2,1H3,(H,16,17). The van der Waals surface area contributed by atoms with Crippen molar-refractivity contribution in [3.8, 4) is 0 Å². The Kier molecular flexibility index (Phi) is 4.78. The molecule has 0 aromatic carbocycles. The maximum Gasteiger partial charge on any atom is 0.267 e. The lowest BCUT2D eigenvalue weighted by atomic mass is 9.88. The quantitative estimate of drug-likeness (QED) is 0.886. The van der Waals surface area contributed by atoms with Crippen LogP contribution in [0.5, 0.6) is 0 Å². The number of carbonyl (C=O) groups is 1. The number of rotatable bonds is 4. The van der Waals surface area contributed by atoms with E-state index in [1.807, 2.05) is 17.8 Å². The highest BCUT2D eigenvalue weighted by atomic mass is 79.9. The molecule has 0 unspecified atom stereocenters. The Morgan fingerprint density at radius 1 is 1.50 bits per heavy atom. The number of aromatic nitrogens is 1. The number of thioether (sulfide) groups is 1. The number of hydrogen-bond acceptors (Lipinski definition) is 2. The van der Waals surface area contributed by atoms with Gasteiger partial charge in [0.1, 0.15) is 5.69 Å². The summed E-state index contributed by atoms with van der Waals surface area (Å²) in [5.41, 5.74) is 0.619. The average Bonchev–Trinajstić information content (AvgIpc) is 2.84. The van der Waals surface area contributed by atoms with Gasteiger partial charge in [0.2, 0.25) is 0 Å². The van der Waals surface area contributed by atoms with Crippen molar-refractivity contribution in [2.45, 2.75) is 36.9 Å². The molecule has 1 amide bonds. The molecule has 5 heteroatoms. The van der Waals surface area contributed by atoms with E-state index in [1.54, 1.807) is 6.20 Å². The summed E-state index contributed by atoms with van der Waals surface area (Å²) < 4.78 is 1.16. The third-order valence-electron chi connectivity index (χ3n) is 3.66. The summed E-state index contributed by atoms with van der Waals surface area (Å²) in [6.07, 6.45) is 10.3. The van der Waals surface area contributed by atoms with E-state index in [0.29, 0.717) is 5.69 Å². The molecule has 0 saturated heterocycles. The molecule has 0 bridgehead atoms. The Hall–Kier alpha value is -0.420. The molecule has 2 rings (SSSR count). The maximum absolute atomic E-state index is 12.0. The molecular formula is C13H19BrN2OS. The van der Waals surface area contributed by atoms with E-state index < -0.39 is 0 Å². The van der Waals surface area contributed by atoms with Crippen molar-refractivity contribution in [1.82, 2.24) is 10.3 Å². The number of hydrogen-bond donors (Lipinski definition) is 2. The lowest BCUT2D eigenvalue weighted by Crippen LogP contribution is -2.41. The zero-order valence-corrected chi connectivity index (χ0v) is 13.0. The maximum atomic E-state index is 12.0. The van der Waals surface area contributed by atoms with Crippen LogP contribution in [0.15, 0.2) is 16.7 Å². The first kappa shape index (κ1) is 14.0. The molecule has 1 saturated carbocycles. The Balaban J connectivity index is 1.91. The summed E-state index contributed by atoms with van der Waals surface area (Å²) in [6.45, 7) is 0.767. The first-order valence-electron chi connectivity index (χ1n) is 6.32. The van der Waals surface area contributed by atoms with E-state index >= 15 is 0 Å². The molecule has 0 atom stereocenters. The minimum absolute atomic E-state index is 0.0142. The van der Waals surface area contributed by atoms with Crippen LogP contribution in [0.25, 0.3) is 0 Å². The van der Waals surface area contributed by atoms with Crippen LogP contribution < -0.4 is 5.32 Å². The molecule has 1 aliphatic rings. The first-order chi connectivity index (χ1) is 8.65. The van der Waals surface area contributed by atoms with Gasteiger partial charge in [-0.05, 0) is 41.1 Å². The fourth-order valence-electron chi connectivity index (χ4n) is 2.48. The Labute approximate surface area is 121 Å². The fraction of sp³-hybridized carbons (Fsp3) is 0.615. The summed E-state index contributed by atoms with van der Waals surface area (Å²) in [5, 5.41) is 3.06. The Morgan fingerprint density at radius 3 is 2.78 bits per heavy atom. The number of H-pyrrole nitrogens is 1. The third-order valence-corrected chi connectivity index (χ3v) is 5.54. The predicted octanol–water partition coefficient (Wildman–Crippen LogP) is 3.57. The molecule has 1 aliphatic carbocycles. The van der Waals surface area contributed by atoms with Crippen LogP contribution in [0.4, 0.5) is 0 Å². The van der Waals surface area contributed by atoms with Gasteiger partial charge >= 0.3 is 0 Å². The van der Waals surface area contributed by atoms with E-state index in [-0.39, 0.29) is 10.7 Å². The zero-order valence-electron chi connectivity index (χ0n) is 10.6. The van der Waals surface area contributed by atoms with Crippen LogP contribution in [0.1, 0.15) is 42.6 Å². The molecule has 1 heterocycles. The first-order valence-corrected chi connectivity index (χ1v) is 8.34. The van der Waals surface area contributed by atoms with Gasteiger partial charge in [-0.3, -0.25) is 4.79 Å². The largest absolute Gasteiger partial charge is 0.356 e. The highest BCUT2D eigenvalue weighted by molar-refractivity contribution is 9.10. The van der Waals surface area contributed by atoms with Gasteiger partial charge in [0.05, 0.1) is 0 Å². The summed E-state index contributed by atoms with van der Waals surface area (Å²) >= 11 is 5.24. The lowest BCUT2D eigenvalue weighted by molar-refractivity contribution is 0.0942. The highest BCUT2D eigenvalue weighted by Gasteiger charge is 2.31. The Morgan fingerprint density at radius 2 is 2.22 bits per heavy atom. The van der Waals surface area contributed by atoms with Crippen molar-refractivity contribution in [1.29, 1.82) is 0 Å². The van der Waals surface area contributed by atoms with E-state index in [1.165, 1.54) is 32.1 Å². The highest BCUT2D eigenvalue weighted by Crippen LogP contribution is 2.37. The van der Waals surface area contributed by atoms with Crippen LogP contribution in [0.2, 0.25) is 0 Å². The van der Waals surface area contributed by atoms with E-state index in [2.05, 4.69) is 32.5 Å². The minimum Gasteiger partial charge on any atom is -0.356 e. The van der Waals surface area contributed by atoms with Gasteiger partial charge in [0.15, 0.2) is 0 Å². The molecule has 18 heavy (non-hydrogen) atoms. The van der Waals surface area contributed by atoms with Crippen molar-refractivity contribution < 1.29 is 4.79 Å². The Bertz CT molecular complexity index is 413. The SMILES string of the molecule is CSC1(CNC(=O)c2cc(Br)c[nH]2)CCCCC1. The molecule has 0 aliphatic heterocycles. The molecule has 2 N–H and O–H groups in total. The molecule has 1 aromatic heterocycles. The van der Waals surface area contributed by atoms with Crippen LogP contribution in [-0.4, -0.2) is 28.4 Å². The van der Waals surface area contributed by atoms with Crippen LogP contribution in [0, 0.1) is 0 Å². The van der Waals surface area contributed by atoms with Crippen molar-refractivity contribution >= 4 is 33.6 Å². The van der Waals surface area contributed by atoms with Gasteiger partial charge in [-0.25, -0.2) is 0 Å². The minimum atomic E-state index is -0.0142. The smallest absolute Gasteiger partial charge is 0.267 e. The molecule has 0 spiro atoms. The predicted molar refractivity (Wildman–Crippen MR) is 80.2 cm³/mol. The number of aromatic amines is 1. The van der Waals surface area contributed by atoms with Gasteiger partial charge in [0, 0.05) is 22.0 Å². The molecule has 1 aromatic rings. The van der Waals surface area contributed by atoms with Crippen molar-refractivity contribution in [2.24, 2.45) is 0 Å². The van der Waals surface area contributed by atoms with Crippen LogP contribution in [0.3, 0.4) is 0 Å². The second-order valence-electron chi connectivity index (χ2n) is 4.86. The van der Waals surface area contributed by atoms with E-state index in [0.717, 1.165) is 11.0 Å². The van der Waals surface area contributed by atoms with Gasteiger partial charge < -0.3 is 10.3 Å². The van der Waals surface area contributed by atoms with E-state index in [4.69, 9.17) is 0 Å². The summed E-state index contributed by atoms with van der Waals surface area (Å²) in [6, 6.07) is 1.81. The van der Waals surface area contributed by atoms with Crippen molar-refractivity contribution in [3.63, 3.8) is 0 Å². The normalized spacial score (nSPS) is 18.6. The number of nitrogens with one attached hydrogen (secondary N) is 2. The fourth-order valence-corrected chi connectivity index (χ4v) is 3.74. The molecule has 0 radical (unpaired) electrons. The number of carbonyl (C=O) groups excluding carboxylic acids is 1. The van der Waals surface area contributed by atoms with Gasteiger partial charge in [-0.1, -0.05) is 19.3 Å². The van der Waals surface area contributed by atoms with E-state index in [9.17, 15) is 4.79 Å². The second-order valence-corrected chi connectivity index (χ2v) is 7.05. The second kappa shape index (κ2) is 6.15. The van der Waals surface area contributed by atoms with Crippen LogP contribution in [-0.2, 0) is 0 Å². The average molecular weight is 331 g/mol. The number of amides is 1.